The van der Waals surface area contributed by atoms with Gasteiger partial charge in [-0.3, -0.25) is 0 Å². The van der Waals surface area contributed by atoms with Crippen molar-refractivity contribution in [2.45, 2.75) is 43.2 Å². The second-order valence-electron chi connectivity index (χ2n) is 6.97. The van der Waals surface area contributed by atoms with Crippen LogP contribution in [0.15, 0.2) is 40.6 Å². The summed E-state index contributed by atoms with van der Waals surface area (Å²) in [6.07, 6.45) is 3.31. The summed E-state index contributed by atoms with van der Waals surface area (Å²) >= 11 is 1.49. The zero-order valence-electron chi connectivity index (χ0n) is 14.3. The lowest BCUT2D eigenvalue weighted by Crippen LogP contribution is -2.40. The van der Waals surface area contributed by atoms with Crippen LogP contribution in [0.3, 0.4) is 0 Å². The highest BCUT2D eigenvalue weighted by atomic mass is 32.2. The molecule has 0 spiro atoms. The Morgan fingerprint density at radius 3 is 2.65 bits per heavy atom. The fourth-order valence-electron chi connectivity index (χ4n) is 3.81. The summed E-state index contributed by atoms with van der Waals surface area (Å²) in [5, 5.41) is 1.90. The summed E-state index contributed by atoms with van der Waals surface area (Å²) in [6, 6.07) is 8.63. The molecule has 1 aromatic carbocycles. The molecular weight excluding hydrogens is 390 g/mol. The Labute approximate surface area is 158 Å². The Kier molecular flexibility index (Phi) is 4.71. The molecule has 1 aromatic heterocycles. The average molecular weight is 412 g/mol. The van der Waals surface area contributed by atoms with Crippen molar-refractivity contribution in [2.24, 2.45) is 0 Å². The molecule has 0 N–H and O–H groups in total. The van der Waals surface area contributed by atoms with Crippen molar-refractivity contribution < 1.29 is 16.8 Å². The minimum atomic E-state index is -3.76. The summed E-state index contributed by atoms with van der Waals surface area (Å²) in [5.41, 5.74) is 2.32. The summed E-state index contributed by atoms with van der Waals surface area (Å²) in [5.74, 6) is -0.0408. The second kappa shape index (κ2) is 6.74. The highest BCUT2D eigenvalue weighted by Gasteiger charge is 2.39. The van der Waals surface area contributed by atoms with Crippen molar-refractivity contribution in [3.05, 3.63) is 51.7 Å². The largest absolute Gasteiger partial charge is 0.243 e. The van der Waals surface area contributed by atoms with Crippen LogP contribution in [0, 0.1) is 0 Å². The lowest BCUT2D eigenvalue weighted by molar-refractivity contribution is 0.336. The van der Waals surface area contributed by atoms with Crippen LogP contribution in [0.25, 0.3) is 0 Å². The van der Waals surface area contributed by atoms with Crippen molar-refractivity contribution in [3.63, 3.8) is 0 Å². The maximum absolute atomic E-state index is 13.4. The molecule has 4 rings (SSSR count). The van der Waals surface area contributed by atoms with Crippen molar-refractivity contribution in [1.82, 2.24) is 4.31 Å². The minimum absolute atomic E-state index is 0.0539. The van der Waals surface area contributed by atoms with E-state index in [4.69, 9.17) is 0 Å². The molecular formula is C18H21NO4S3. The summed E-state index contributed by atoms with van der Waals surface area (Å²) in [7, 11) is -6.93. The first-order valence-corrected chi connectivity index (χ1v) is 12.9. The molecule has 0 radical (unpaired) electrons. The van der Waals surface area contributed by atoms with E-state index in [1.165, 1.54) is 21.2 Å². The summed E-state index contributed by atoms with van der Waals surface area (Å²) in [6.45, 7) is 0.220. The van der Waals surface area contributed by atoms with E-state index in [1.807, 2.05) is 23.6 Å². The smallest absolute Gasteiger partial charge is 0.229 e. The lowest BCUT2D eigenvalue weighted by Gasteiger charge is -2.27. The van der Waals surface area contributed by atoms with E-state index in [0.29, 0.717) is 6.42 Å². The van der Waals surface area contributed by atoms with Gasteiger partial charge in [-0.05, 0) is 60.4 Å². The molecule has 1 saturated heterocycles. The molecule has 2 aliphatic rings. The van der Waals surface area contributed by atoms with E-state index in [0.717, 1.165) is 29.7 Å². The molecule has 2 aromatic rings. The molecule has 1 aliphatic heterocycles. The van der Waals surface area contributed by atoms with Crippen LogP contribution in [0.2, 0.25) is 0 Å². The van der Waals surface area contributed by atoms with E-state index in [-0.39, 0.29) is 22.9 Å². The van der Waals surface area contributed by atoms with Gasteiger partial charge in [-0.2, -0.15) is 4.31 Å². The third kappa shape index (κ3) is 3.47. The van der Waals surface area contributed by atoms with Gasteiger partial charge in [0.25, 0.3) is 0 Å². The van der Waals surface area contributed by atoms with Crippen LogP contribution in [0.1, 0.15) is 28.8 Å². The molecule has 1 fully saturated rings. The van der Waals surface area contributed by atoms with Gasteiger partial charge in [0, 0.05) is 17.5 Å². The molecule has 0 bridgehead atoms. The number of thiophene rings is 1. The highest BCUT2D eigenvalue weighted by molar-refractivity contribution is 7.92. The van der Waals surface area contributed by atoms with Crippen molar-refractivity contribution in [1.29, 1.82) is 0 Å². The minimum Gasteiger partial charge on any atom is -0.229 e. The van der Waals surface area contributed by atoms with Crippen molar-refractivity contribution >= 4 is 31.2 Å². The lowest BCUT2D eigenvalue weighted by atomic mass is 10.1. The number of sulfonamides is 1. The fourth-order valence-corrected chi connectivity index (χ4v) is 8.11. The van der Waals surface area contributed by atoms with E-state index in [1.54, 1.807) is 12.1 Å². The van der Waals surface area contributed by atoms with E-state index in [2.05, 4.69) is 0 Å². The number of fused-ring (bicyclic) bond motifs is 1. The zero-order valence-corrected chi connectivity index (χ0v) is 16.7. The van der Waals surface area contributed by atoms with E-state index in [9.17, 15) is 16.8 Å². The Morgan fingerprint density at radius 2 is 1.96 bits per heavy atom. The Morgan fingerprint density at radius 1 is 1.15 bits per heavy atom. The highest BCUT2D eigenvalue weighted by Crippen LogP contribution is 2.31. The molecule has 5 nitrogen and oxygen atoms in total. The first kappa shape index (κ1) is 18.2. The zero-order chi connectivity index (χ0) is 18.4. The molecule has 0 amide bonds. The van der Waals surface area contributed by atoms with Crippen LogP contribution < -0.4 is 0 Å². The normalized spacial score (nSPS) is 22.0. The Hall–Kier alpha value is -1.22. The third-order valence-electron chi connectivity index (χ3n) is 5.18. The second-order valence-corrected chi connectivity index (χ2v) is 12.1. The van der Waals surface area contributed by atoms with Gasteiger partial charge in [0.2, 0.25) is 10.0 Å². The van der Waals surface area contributed by atoms with Crippen LogP contribution in [0.4, 0.5) is 0 Å². The van der Waals surface area contributed by atoms with Crippen molar-refractivity contribution in [3.8, 4) is 0 Å². The van der Waals surface area contributed by atoms with Gasteiger partial charge < -0.3 is 0 Å². The van der Waals surface area contributed by atoms with Gasteiger partial charge in [0.1, 0.15) is 0 Å². The quantitative estimate of drug-likeness (QED) is 0.758. The molecule has 1 atom stereocenters. The van der Waals surface area contributed by atoms with Crippen LogP contribution >= 0.6 is 11.3 Å². The van der Waals surface area contributed by atoms with Gasteiger partial charge in [0.15, 0.2) is 9.84 Å². The predicted octanol–water partition coefficient (Wildman–Crippen LogP) is 2.61. The molecule has 8 heteroatoms. The summed E-state index contributed by atoms with van der Waals surface area (Å²) < 4.78 is 52.1. The third-order valence-corrected chi connectivity index (χ3v) is 9.69. The van der Waals surface area contributed by atoms with Crippen LogP contribution in [-0.2, 0) is 39.2 Å². The fraction of sp³-hybridized carbons (Fsp3) is 0.444. The number of hydrogen-bond acceptors (Lipinski definition) is 5. The predicted molar refractivity (Wildman–Crippen MR) is 103 cm³/mol. The van der Waals surface area contributed by atoms with Crippen LogP contribution in [0.5, 0.6) is 0 Å². The SMILES string of the molecule is O=S1(=O)CC[C@H](N(Cc2cccs2)S(=O)(=O)c2ccc3c(c2)CCC3)C1. The maximum atomic E-state index is 13.4. The first-order chi connectivity index (χ1) is 12.4. The maximum Gasteiger partial charge on any atom is 0.243 e. The standard InChI is InChI=1S/C18H21NO4S3/c20-25(21)10-8-16(13-25)19(12-17-5-2-9-24-17)26(22,23)18-7-6-14-3-1-4-15(14)11-18/h2,5-7,9,11,16H,1,3-4,8,10,12-13H2/t16-/m0/s1. The summed E-state index contributed by atoms with van der Waals surface area (Å²) in [4.78, 5) is 1.19. The number of nitrogens with zero attached hydrogens (tertiary/aromatic N) is 1. The molecule has 1 aliphatic carbocycles. The van der Waals surface area contributed by atoms with E-state index >= 15 is 0 Å². The number of benzene rings is 1. The molecule has 2 heterocycles. The van der Waals surface area contributed by atoms with Gasteiger partial charge in [0.05, 0.1) is 16.4 Å². The monoisotopic (exact) mass is 411 g/mol. The van der Waals surface area contributed by atoms with Gasteiger partial charge >= 0.3 is 0 Å². The van der Waals surface area contributed by atoms with Gasteiger partial charge in [-0.1, -0.05) is 12.1 Å². The topological polar surface area (TPSA) is 71.5 Å². The number of sulfone groups is 1. The Balaban J connectivity index is 1.72. The van der Waals surface area contributed by atoms with Gasteiger partial charge in [-0.15, -0.1) is 11.3 Å². The molecule has 0 saturated carbocycles. The molecule has 26 heavy (non-hydrogen) atoms. The van der Waals surface area contributed by atoms with E-state index < -0.39 is 25.9 Å². The Bertz CT molecular complexity index is 1010. The molecule has 0 unspecified atom stereocenters. The first-order valence-electron chi connectivity index (χ1n) is 8.72. The molecule has 140 valence electrons. The number of hydrogen-bond donors (Lipinski definition) is 0. The average Bonchev–Trinajstić information content (AvgIpc) is 3.32. The van der Waals surface area contributed by atoms with Crippen molar-refractivity contribution in [2.75, 3.05) is 11.5 Å². The number of aryl methyl sites for hydroxylation is 2. The van der Waals surface area contributed by atoms with Crippen LogP contribution in [-0.4, -0.2) is 38.7 Å². The van der Waals surface area contributed by atoms with Gasteiger partial charge in [-0.25, -0.2) is 16.8 Å². The number of rotatable bonds is 5.